The van der Waals surface area contributed by atoms with Gasteiger partial charge in [-0.15, -0.1) is 0 Å². The summed E-state index contributed by atoms with van der Waals surface area (Å²) >= 11 is 0. The highest BCUT2D eigenvalue weighted by Crippen LogP contribution is 2.20. The second kappa shape index (κ2) is 7.39. The first-order valence-electron chi connectivity index (χ1n) is 8.88. The van der Waals surface area contributed by atoms with Gasteiger partial charge in [0.05, 0.1) is 5.56 Å². The highest BCUT2D eigenvalue weighted by molar-refractivity contribution is 5.93. The molecule has 1 aliphatic rings. The average molecular weight is 347 g/mol. The number of pyridine rings is 1. The largest absolute Gasteiger partial charge is 0.372 e. The molecule has 1 N–H and O–H groups in total. The van der Waals surface area contributed by atoms with Crippen molar-refractivity contribution in [1.82, 2.24) is 20.1 Å². The Kier molecular flexibility index (Phi) is 4.64. The fourth-order valence-electron chi connectivity index (χ4n) is 3.14. The lowest BCUT2D eigenvalue weighted by molar-refractivity contribution is 0.0950. The topological polar surface area (TPSA) is 63.1 Å². The first-order valence-corrected chi connectivity index (χ1v) is 8.88. The molecular weight excluding hydrogens is 326 g/mol. The maximum absolute atomic E-state index is 12.3. The van der Waals surface area contributed by atoms with Crippen LogP contribution in [0.5, 0.6) is 0 Å². The molecule has 0 saturated carbocycles. The molecule has 0 radical (unpaired) electrons. The van der Waals surface area contributed by atoms with Crippen LogP contribution in [0.15, 0.2) is 61.1 Å². The van der Waals surface area contributed by atoms with E-state index < -0.39 is 0 Å². The number of carbonyl (C=O) groups excluding carboxylic acids is 1. The SMILES string of the molecule is O=C(NCc1ccc(N2CCCC2)cc1)c1ccc(-n2cccn2)nc1. The van der Waals surface area contributed by atoms with Crippen LogP contribution in [0.1, 0.15) is 28.8 Å². The molecule has 0 atom stereocenters. The zero-order valence-electron chi connectivity index (χ0n) is 14.5. The number of rotatable bonds is 5. The van der Waals surface area contributed by atoms with Crippen LogP contribution in [-0.2, 0) is 6.54 Å². The molecule has 3 heterocycles. The van der Waals surface area contributed by atoms with Gasteiger partial charge in [-0.1, -0.05) is 12.1 Å². The van der Waals surface area contributed by atoms with E-state index in [1.807, 2.05) is 12.3 Å². The van der Waals surface area contributed by atoms with E-state index in [9.17, 15) is 4.79 Å². The quantitative estimate of drug-likeness (QED) is 0.771. The summed E-state index contributed by atoms with van der Waals surface area (Å²) in [6, 6.07) is 13.8. The van der Waals surface area contributed by atoms with E-state index in [-0.39, 0.29) is 5.91 Å². The maximum Gasteiger partial charge on any atom is 0.253 e. The van der Waals surface area contributed by atoms with Gasteiger partial charge >= 0.3 is 0 Å². The summed E-state index contributed by atoms with van der Waals surface area (Å²) in [7, 11) is 0. The van der Waals surface area contributed by atoms with Crippen LogP contribution >= 0.6 is 0 Å². The van der Waals surface area contributed by atoms with Crippen molar-refractivity contribution in [3.63, 3.8) is 0 Å². The fraction of sp³-hybridized carbons (Fsp3) is 0.250. The van der Waals surface area contributed by atoms with Crippen LogP contribution in [0.4, 0.5) is 5.69 Å². The molecule has 0 bridgehead atoms. The highest BCUT2D eigenvalue weighted by atomic mass is 16.1. The van der Waals surface area contributed by atoms with Crippen LogP contribution in [0, 0.1) is 0 Å². The summed E-state index contributed by atoms with van der Waals surface area (Å²) in [6.07, 6.45) is 7.62. The molecule has 26 heavy (non-hydrogen) atoms. The monoisotopic (exact) mass is 347 g/mol. The summed E-state index contributed by atoms with van der Waals surface area (Å²) in [4.78, 5) is 19.0. The zero-order chi connectivity index (χ0) is 17.8. The summed E-state index contributed by atoms with van der Waals surface area (Å²) < 4.78 is 1.66. The van der Waals surface area contributed by atoms with Gasteiger partial charge in [0.2, 0.25) is 0 Å². The number of nitrogens with one attached hydrogen (secondary N) is 1. The minimum atomic E-state index is -0.131. The predicted molar refractivity (Wildman–Crippen MR) is 100 cm³/mol. The number of carbonyl (C=O) groups is 1. The Labute approximate surface area is 152 Å². The molecule has 4 rings (SSSR count). The Balaban J connectivity index is 1.34. The molecule has 0 spiro atoms. The molecular formula is C20H21N5O. The van der Waals surface area contributed by atoms with E-state index >= 15 is 0 Å². The molecule has 6 heteroatoms. The molecule has 3 aromatic rings. The van der Waals surface area contributed by atoms with Crippen LogP contribution < -0.4 is 10.2 Å². The van der Waals surface area contributed by atoms with E-state index in [2.05, 4.69) is 44.6 Å². The van der Waals surface area contributed by atoms with Crippen molar-refractivity contribution < 1.29 is 4.79 Å². The molecule has 132 valence electrons. The molecule has 0 unspecified atom stereocenters. The van der Waals surface area contributed by atoms with Gasteiger partial charge in [-0.3, -0.25) is 4.79 Å². The number of hydrogen-bond acceptors (Lipinski definition) is 4. The predicted octanol–water partition coefficient (Wildman–Crippen LogP) is 2.80. The van der Waals surface area contributed by atoms with E-state index in [1.165, 1.54) is 18.5 Å². The smallest absolute Gasteiger partial charge is 0.253 e. The third kappa shape index (κ3) is 3.59. The third-order valence-corrected chi connectivity index (χ3v) is 4.61. The van der Waals surface area contributed by atoms with Crippen LogP contribution in [0.3, 0.4) is 0 Å². The molecule has 2 aromatic heterocycles. The molecule has 1 aromatic carbocycles. The second-order valence-electron chi connectivity index (χ2n) is 6.40. The number of nitrogens with zero attached hydrogens (tertiary/aromatic N) is 4. The van der Waals surface area contributed by atoms with Gasteiger partial charge in [-0.05, 0) is 48.7 Å². The van der Waals surface area contributed by atoms with Crippen molar-refractivity contribution in [2.75, 3.05) is 18.0 Å². The standard InChI is InChI=1S/C20H21N5O/c26-20(17-6-9-19(21-15-17)25-13-3-10-23-25)22-14-16-4-7-18(8-5-16)24-11-1-2-12-24/h3-10,13,15H,1-2,11-12,14H2,(H,22,26). The lowest BCUT2D eigenvalue weighted by atomic mass is 10.2. The summed E-state index contributed by atoms with van der Waals surface area (Å²) in [6.45, 7) is 2.77. The molecule has 1 aliphatic heterocycles. The minimum Gasteiger partial charge on any atom is -0.372 e. The lowest BCUT2D eigenvalue weighted by Crippen LogP contribution is -2.23. The second-order valence-corrected chi connectivity index (χ2v) is 6.40. The van der Waals surface area contributed by atoms with E-state index in [4.69, 9.17) is 0 Å². The number of aromatic nitrogens is 3. The Hall–Kier alpha value is -3.15. The Morgan fingerprint density at radius 1 is 1.08 bits per heavy atom. The first-order chi connectivity index (χ1) is 12.8. The van der Waals surface area contributed by atoms with Crippen LogP contribution in [0.25, 0.3) is 5.82 Å². The molecule has 6 nitrogen and oxygen atoms in total. The Bertz CT molecular complexity index is 850. The third-order valence-electron chi connectivity index (χ3n) is 4.61. The fourth-order valence-corrected chi connectivity index (χ4v) is 3.14. The molecule has 0 aliphatic carbocycles. The Morgan fingerprint density at radius 3 is 2.54 bits per heavy atom. The lowest BCUT2D eigenvalue weighted by Gasteiger charge is -2.17. The number of amides is 1. The number of hydrogen-bond donors (Lipinski definition) is 1. The normalized spacial score (nSPS) is 13.8. The van der Waals surface area contributed by atoms with Crippen molar-refractivity contribution in [2.45, 2.75) is 19.4 Å². The highest BCUT2D eigenvalue weighted by Gasteiger charge is 2.12. The van der Waals surface area contributed by atoms with Crippen LogP contribution in [-0.4, -0.2) is 33.8 Å². The van der Waals surface area contributed by atoms with E-state index in [0.29, 0.717) is 17.9 Å². The van der Waals surface area contributed by atoms with Gasteiger partial charge in [-0.2, -0.15) is 5.10 Å². The minimum absolute atomic E-state index is 0.131. The van der Waals surface area contributed by atoms with Crippen molar-refractivity contribution >= 4 is 11.6 Å². The van der Waals surface area contributed by atoms with E-state index in [1.54, 1.807) is 29.2 Å². The number of anilines is 1. The first kappa shape index (κ1) is 16.3. The zero-order valence-corrected chi connectivity index (χ0v) is 14.5. The summed E-state index contributed by atoms with van der Waals surface area (Å²) in [5, 5.41) is 7.07. The van der Waals surface area contributed by atoms with Crippen LogP contribution in [0.2, 0.25) is 0 Å². The van der Waals surface area contributed by atoms with Gasteiger partial charge in [0.15, 0.2) is 5.82 Å². The number of benzene rings is 1. The van der Waals surface area contributed by atoms with Gasteiger partial charge < -0.3 is 10.2 Å². The van der Waals surface area contributed by atoms with Gasteiger partial charge in [0.25, 0.3) is 5.91 Å². The van der Waals surface area contributed by atoms with E-state index in [0.717, 1.165) is 18.7 Å². The maximum atomic E-state index is 12.3. The van der Waals surface area contributed by atoms with Crippen molar-refractivity contribution in [3.8, 4) is 5.82 Å². The Morgan fingerprint density at radius 2 is 1.88 bits per heavy atom. The van der Waals surface area contributed by atoms with Crippen molar-refractivity contribution in [1.29, 1.82) is 0 Å². The summed E-state index contributed by atoms with van der Waals surface area (Å²) in [5.41, 5.74) is 2.88. The van der Waals surface area contributed by atoms with Crippen molar-refractivity contribution in [2.24, 2.45) is 0 Å². The van der Waals surface area contributed by atoms with Crippen molar-refractivity contribution in [3.05, 3.63) is 72.2 Å². The van der Waals surface area contributed by atoms with Gasteiger partial charge in [0, 0.05) is 43.9 Å². The average Bonchev–Trinajstić information content (AvgIpc) is 3.40. The molecule has 1 fully saturated rings. The van der Waals surface area contributed by atoms with Gasteiger partial charge in [-0.25, -0.2) is 9.67 Å². The summed E-state index contributed by atoms with van der Waals surface area (Å²) in [5.74, 6) is 0.553. The molecule has 1 amide bonds. The molecule has 1 saturated heterocycles. The van der Waals surface area contributed by atoms with Gasteiger partial charge in [0.1, 0.15) is 0 Å².